The molecule has 1 aromatic heterocycles. The monoisotopic (exact) mass is 308 g/mol. The van der Waals surface area contributed by atoms with Crippen LogP contribution in [0.1, 0.15) is 24.2 Å². The first kappa shape index (κ1) is 15.4. The fourth-order valence-electron chi connectivity index (χ4n) is 2.13. The molecule has 21 heavy (non-hydrogen) atoms. The van der Waals surface area contributed by atoms with Gasteiger partial charge in [0, 0.05) is 18.1 Å². The van der Waals surface area contributed by atoms with Crippen molar-refractivity contribution in [2.45, 2.75) is 13.8 Å². The second-order valence-electron chi connectivity index (χ2n) is 4.27. The van der Waals surface area contributed by atoms with Crippen LogP contribution in [0.15, 0.2) is 18.3 Å². The van der Waals surface area contributed by atoms with Crippen LogP contribution in [0, 0.1) is 0 Å². The van der Waals surface area contributed by atoms with Gasteiger partial charge < -0.3 is 14.8 Å². The van der Waals surface area contributed by atoms with Crippen LogP contribution >= 0.6 is 11.6 Å². The van der Waals surface area contributed by atoms with Crippen LogP contribution in [-0.4, -0.2) is 31.2 Å². The zero-order valence-electron chi connectivity index (χ0n) is 12.2. The first-order valence-corrected chi connectivity index (χ1v) is 7.08. The predicted octanol–water partition coefficient (Wildman–Crippen LogP) is 3.51. The topological polar surface area (TPSA) is 60.5 Å². The van der Waals surface area contributed by atoms with Gasteiger partial charge in [0.15, 0.2) is 0 Å². The Hall–Kier alpha value is -2.01. The molecule has 0 saturated heterocycles. The van der Waals surface area contributed by atoms with Crippen molar-refractivity contribution in [3.63, 3.8) is 0 Å². The van der Waals surface area contributed by atoms with E-state index in [1.165, 1.54) is 6.20 Å². The second-order valence-corrected chi connectivity index (χ2v) is 4.68. The van der Waals surface area contributed by atoms with Crippen molar-refractivity contribution in [1.29, 1.82) is 0 Å². The maximum atomic E-state index is 12.1. The van der Waals surface area contributed by atoms with Gasteiger partial charge in [0.25, 0.3) is 0 Å². The van der Waals surface area contributed by atoms with Crippen molar-refractivity contribution in [3.05, 3.63) is 28.9 Å². The summed E-state index contributed by atoms with van der Waals surface area (Å²) in [6, 6.07) is 3.47. The van der Waals surface area contributed by atoms with E-state index in [9.17, 15) is 4.79 Å². The number of pyridine rings is 1. The number of nitrogens with zero attached hydrogens (tertiary/aromatic N) is 1. The molecule has 0 bridgehead atoms. The molecule has 0 amide bonds. The molecule has 1 N–H and O–H groups in total. The average Bonchev–Trinajstić information content (AvgIpc) is 2.48. The molecule has 0 spiro atoms. The van der Waals surface area contributed by atoms with Gasteiger partial charge in [-0.25, -0.2) is 4.79 Å². The van der Waals surface area contributed by atoms with Crippen molar-refractivity contribution < 1.29 is 14.3 Å². The van der Waals surface area contributed by atoms with Gasteiger partial charge in [-0.3, -0.25) is 4.98 Å². The third kappa shape index (κ3) is 2.88. The summed E-state index contributed by atoms with van der Waals surface area (Å²) in [5, 5.41) is 4.33. The Bertz CT molecular complexity index is 674. The molecule has 0 aliphatic rings. The highest BCUT2D eigenvalue weighted by molar-refractivity contribution is 6.37. The Kier molecular flexibility index (Phi) is 4.85. The van der Waals surface area contributed by atoms with E-state index in [4.69, 9.17) is 21.1 Å². The van der Waals surface area contributed by atoms with Crippen LogP contribution < -0.4 is 10.1 Å². The van der Waals surface area contributed by atoms with Crippen LogP contribution in [0.5, 0.6) is 5.75 Å². The van der Waals surface area contributed by atoms with Crippen LogP contribution in [0.4, 0.5) is 5.69 Å². The number of fused-ring (bicyclic) bond motifs is 1. The lowest BCUT2D eigenvalue weighted by Gasteiger charge is -2.15. The number of anilines is 1. The molecule has 0 atom stereocenters. The number of methoxy groups -OCH3 is 1. The zero-order chi connectivity index (χ0) is 15.4. The normalized spacial score (nSPS) is 10.5. The van der Waals surface area contributed by atoms with Crippen molar-refractivity contribution in [2.75, 3.05) is 25.6 Å². The Morgan fingerprint density at radius 3 is 2.76 bits per heavy atom. The minimum absolute atomic E-state index is 0.300. The predicted molar refractivity (Wildman–Crippen MR) is 83.4 cm³/mol. The Morgan fingerprint density at radius 2 is 2.14 bits per heavy atom. The van der Waals surface area contributed by atoms with Crippen molar-refractivity contribution in [2.24, 2.45) is 0 Å². The van der Waals surface area contributed by atoms with Gasteiger partial charge in [0.05, 0.1) is 24.4 Å². The van der Waals surface area contributed by atoms with Gasteiger partial charge in [0.1, 0.15) is 16.8 Å². The van der Waals surface area contributed by atoms with Gasteiger partial charge in [-0.1, -0.05) is 11.6 Å². The van der Waals surface area contributed by atoms with Crippen molar-refractivity contribution in [1.82, 2.24) is 4.98 Å². The molecule has 0 radical (unpaired) electrons. The summed E-state index contributed by atoms with van der Waals surface area (Å²) in [6.45, 7) is 4.64. The molecule has 0 aliphatic carbocycles. The third-order valence-corrected chi connectivity index (χ3v) is 3.32. The number of hydrogen-bond donors (Lipinski definition) is 1. The van der Waals surface area contributed by atoms with Gasteiger partial charge in [-0.2, -0.15) is 0 Å². The van der Waals surface area contributed by atoms with E-state index >= 15 is 0 Å². The largest absolute Gasteiger partial charge is 0.494 e. The third-order valence-electron chi connectivity index (χ3n) is 3.00. The Balaban J connectivity index is 2.75. The van der Waals surface area contributed by atoms with Crippen molar-refractivity contribution >= 4 is 34.2 Å². The highest BCUT2D eigenvalue weighted by Crippen LogP contribution is 2.37. The number of carbonyl (C=O) groups excluding carboxylic acids is 1. The highest BCUT2D eigenvalue weighted by Gasteiger charge is 2.19. The molecule has 2 aromatic rings. The van der Waals surface area contributed by atoms with Crippen LogP contribution in [0.25, 0.3) is 10.9 Å². The first-order valence-electron chi connectivity index (χ1n) is 6.70. The van der Waals surface area contributed by atoms with Gasteiger partial charge >= 0.3 is 5.97 Å². The lowest BCUT2D eigenvalue weighted by atomic mass is 10.1. The molecular formula is C15H17ClN2O3. The van der Waals surface area contributed by atoms with Crippen LogP contribution in [-0.2, 0) is 4.74 Å². The zero-order valence-corrected chi connectivity index (χ0v) is 13.0. The van der Waals surface area contributed by atoms with Crippen molar-refractivity contribution in [3.8, 4) is 5.75 Å². The highest BCUT2D eigenvalue weighted by atomic mass is 35.5. The summed E-state index contributed by atoms with van der Waals surface area (Å²) < 4.78 is 10.4. The lowest BCUT2D eigenvalue weighted by molar-refractivity contribution is 0.0527. The molecule has 1 heterocycles. The number of ether oxygens (including phenoxy) is 2. The van der Waals surface area contributed by atoms with Gasteiger partial charge in [0.2, 0.25) is 0 Å². The van der Waals surface area contributed by atoms with E-state index in [1.807, 2.05) is 6.92 Å². The number of hydrogen-bond acceptors (Lipinski definition) is 5. The SMILES string of the molecule is CCNc1c(C(=O)OCC)cnc2c(OC)ccc(Cl)c12. The fraction of sp³-hybridized carbons (Fsp3) is 0.333. The summed E-state index contributed by atoms with van der Waals surface area (Å²) in [6.07, 6.45) is 1.48. The number of nitrogens with one attached hydrogen (secondary N) is 1. The van der Waals surface area contributed by atoms with Gasteiger partial charge in [-0.05, 0) is 26.0 Å². The molecule has 0 saturated carbocycles. The maximum Gasteiger partial charge on any atom is 0.341 e. The van der Waals surface area contributed by atoms with Crippen LogP contribution in [0.2, 0.25) is 5.02 Å². The number of halogens is 1. The molecular weight excluding hydrogens is 292 g/mol. The standard InChI is InChI=1S/C15H17ClN2O3/c1-4-17-13-9(15(19)21-5-2)8-18-14-11(20-3)7-6-10(16)12(13)14/h6-8H,4-5H2,1-3H3,(H,17,18). The number of esters is 1. The van der Waals surface area contributed by atoms with E-state index in [0.717, 1.165) is 0 Å². The minimum Gasteiger partial charge on any atom is -0.494 e. The molecule has 0 aliphatic heterocycles. The summed E-state index contributed by atoms with van der Waals surface area (Å²) in [5.74, 6) is 0.172. The number of aromatic nitrogens is 1. The number of rotatable bonds is 5. The summed E-state index contributed by atoms with van der Waals surface area (Å²) in [5.41, 5.74) is 1.58. The molecule has 0 unspecified atom stereocenters. The van der Waals surface area contributed by atoms with Crippen LogP contribution in [0.3, 0.4) is 0 Å². The molecule has 5 nitrogen and oxygen atoms in total. The molecule has 6 heteroatoms. The number of carbonyl (C=O) groups is 1. The van der Waals surface area contributed by atoms with E-state index in [1.54, 1.807) is 26.2 Å². The molecule has 0 fully saturated rings. The van der Waals surface area contributed by atoms with E-state index in [2.05, 4.69) is 10.3 Å². The molecule has 2 rings (SSSR count). The van der Waals surface area contributed by atoms with Gasteiger partial charge in [-0.15, -0.1) is 0 Å². The Morgan fingerprint density at radius 1 is 1.38 bits per heavy atom. The average molecular weight is 309 g/mol. The van der Waals surface area contributed by atoms with E-state index in [-0.39, 0.29) is 0 Å². The maximum absolute atomic E-state index is 12.1. The summed E-state index contributed by atoms with van der Waals surface area (Å²) >= 11 is 6.29. The first-order chi connectivity index (χ1) is 10.1. The molecule has 1 aromatic carbocycles. The minimum atomic E-state index is -0.429. The lowest BCUT2D eigenvalue weighted by Crippen LogP contribution is -2.11. The quantitative estimate of drug-likeness (QED) is 0.857. The Labute approximate surface area is 128 Å². The second kappa shape index (κ2) is 6.63. The van der Waals surface area contributed by atoms with E-state index in [0.29, 0.717) is 46.1 Å². The van der Waals surface area contributed by atoms with E-state index < -0.39 is 5.97 Å². The fourth-order valence-corrected chi connectivity index (χ4v) is 2.38. The molecule has 112 valence electrons. The number of benzene rings is 1. The summed E-state index contributed by atoms with van der Waals surface area (Å²) in [4.78, 5) is 16.4. The smallest absolute Gasteiger partial charge is 0.341 e. The summed E-state index contributed by atoms with van der Waals surface area (Å²) in [7, 11) is 1.57.